The van der Waals surface area contributed by atoms with Crippen LogP contribution >= 0.6 is 0 Å². The molecule has 1 heterocycles. The Morgan fingerprint density at radius 1 is 1.42 bits per heavy atom. The standard InChI is InChI=1S/C13H24N2O4/c1-9(2)4-5-14-12(16)10(3)15-6-7-19-11(8-15)13(17)18/h9-11H,4-8H2,1-3H3,(H,14,16)(H,17,18). The van der Waals surface area contributed by atoms with E-state index < -0.39 is 12.1 Å². The van der Waals surface area contributed by atoms with Crippen molar-refractivity contribution in [2.45, 2.75) is 39.3 Å². The molecule has 0 spiro atoms. The molecule has 19 heavy (non-hydrogen) atoms. The number of carbonyl (C=O) groups excluding carboxylic acids is 1. The van der Waals surface area contributed by atoms with Gasteiger partial charge in [0, 0.05) is 19.6 Å². The van der Waals surface area contributed by atoms with Crippen LogP contribution in [0, 0.1) is 5.92 Å². The first kappa shape index (κ1) is 15.9. The second kappa shape index (κ2) is 7.45. The second-order valence-electron chi connectivity index (χ2n) is 5.34. The van der Waals surface area contributed by atoms with E-state index in [1.54, 1.807) is 6.92 Å². The SMILES string of the molecule is CC(C)CCNC(=O)C(C)N1CCOC(C(=O)O)C1. The Balaban J connectivity index is 2.40. The average molecular weight is 272 g/mol. The molecule has 1 aliphatic rings. The number of aliphatic carboxylic acids is 1. The number of hydrogen-bond acceptors (Lipinski definition) is 4. The molecule has 0 aromatic heterocycles. The van der Waals surface area contributed by atoms with Crippen molar-refractivity contribution in [2.75, 3.05) is 26.2 Å². The van der Waals surface area contributed by atoms with Crippen LogP contribution in [0.3, 0.4) is 0 Å². The monoisotopic (exact) mass is 272 g/mol. The quantitative estimate of drug-likeness (QED) is 0.728. The molecule has 0 aromatic rings. The van der Waals surface area contributed by atoms with Crippen LogP contribution in [0.4, 0.5) is 0 Å². The molecule has 0 radical (unpaired) electrons. The van der Waals surface area contributed by atoms with E-state index >= 15 is 0 Å². The van der Waals surface area contributed by atoms with E-state index in [1.807, 2.05) is 4.90 Å². The molecule has 6 heteroatoms. The van der Waals surface area contributed by atoms with Crippen LogP contribution in [0.15, 0.2) is 0 Å². The summed E-state index contributed by atoms with van der Waals surface area (Å²) in [4.78, 5) is 24.7. The zero-order chi connectivity index (χ0) is 14.4. The molecule has 2 unspecified atom stereocenters. The van der Waals surface area contributed by atoms with Crippen LogP contribution < -0.4 is 5.32 Å². The van der Waals surface area contributed by atoms with E-state index in [9.17, 15) is 9.59 Å². The lowest BCUT2D eigenvalue weighted by Crippen LogP contribution is -2.54. The van der Waals surface area contributed by atoms with Gasteiger partial charge in [-0.3, -0.25) is 9.69 Å². The van der Waals surface area contributed by atoms with Gasteiger partial charge >= 0.3 is 5.97 Å². The Morgan fingerprint density at radius 2 is 2.11 bits per heavy atom. The van der Waals surface area contributed by atoms with E-state index in [0.717, 1.165) is 6.42 Å². The van der Waals surface area contributed by atoms with E-state index in [0.29, 0.717) is 25.6 Å². The number of nitrogens with one attached hydrogen (secondary N) is 1. The van der Waals surface area contributed by atoms with Crippen LogP contribution in [-0.4, -0.2) is 60.3 Å². The molecular formula is C13H24N2O4. The lowest BCUT2D eigenvalue weighted by molar-refractivity contribution is -0.158. The van der Waals surface area contributed by atoms with Gasteiger partial charge in [0.05, 0.1) is 12.6 Å². The largest absolute Gasteiger partial charge is 0.479 e. The van der Waals surface area contributed by atoms with Crippen molar-refractivity contribution < 1.29 is 19.4 Å². The highest BCUT2D eigenvalue weighted by Crippen LogP contribution is 2.09. The molecule has 2 N–H and O–H groups in total. The van der Waals surface area contributed by atoms with Gasteiger partial charge in [-0.15, -0.1) is 0 Å². The van der Waals surface area contributed by atoms with E-state index in [1.165, 1.54) is 0 Å². The molecule has 0 aliphatic carbocycles. The summed E-state index contributed by atoms with van der Waals surface area (Å²) in [6.07, 6.45) is 0.110. The van der Waals surface area contributed by atoms with Crippen LogP contribution in [0.25, 0.3) is 0 Å². The predicted octanol–water partition coefficient (Wildman–Crippen LogP) is 0.323. The highest BCUT2D eigenvalue weighted by molar-refractivity contribution is 5.81. The van der Waals surface area contributed by atoms with Gasteiger partial charge in [0.2, 0.25) is 5.91 Å². The minimum atomic E-state index is -0.975. The second-order valence-corrected chi connectivity index (χ2v) is 5.34. The van der Waals surface area contributed by atoms with Crippen molar-refractivity contribution in [3.63, 3.8) is 0 Å². The minimum Gasteiger partial charge on any atom is -0.479 e. The van der Waals surface area contributed by atoms with Gasteiger partial charge in [0.15, 0.2) is 6.10 Å². The predicted molar refractivity (Wildman–Crippen MR) is 70.9 cm³/mol. The number of ether oxygens (including phenoxy) is 1. The van der Waals surface area contributed by atoms with Gasteiger partial charge in [-0.25, -0.2) is 4.79 Å². The first-order valence-electron chi connectivity index (χ1n) is 6.78. The molecular weight excluding hydrogens is 248 g/mol. The molecule has 0 saturated carbocycles. The number of morpholine rings is 1. The van der Waals surface area contributed by atoms with Crippen LogP contribution in [-0.2, 0) is 14.3 Å². The number of carbonyl (C=O) groups is 2. The Kier molecular flexibility index (Phi) is 6.24. The van der Waals surface area contributed by atoms with Gasteiger partial charge < -0.3 is 15.2 Å². The zero-order valence-electron chi connectivity index (χ0n) is 11.9. The minimum absolute atomic E-state index is 0.0494. The third-order valence-electron chi connectivity index (χ3n) is 3.32. The molecule has 1 aliphatic heterocycles. The summed E-state index contributed by atoms with van der Waals surface area (Å²) in [5.41, 5.74) is 0. The van der Waals surface area contributed by atoms with Crippen LogP contribution in [0.2, 0.25) is 0 Å². The van der Waals surface area contributed by atoms with Gasteiger partial charge in [0.25, 0.3) is 0 Å². The van der Waals surface area contributed by atoms with Crippen molar-refractivity contribution in [1.29, 1.82) is 0 Å². The molecule has 1 rings (SSSR count). The van der Waals surface area contributed by atoms with E-state index in [4.69, 9.17) is 9.84 Å². The lowest BCUT2D eigenvalue weighted by Gasteiger charge is -2.34. The smallest absolute Gasteiger partial charge is 0.334 e. The molecule has 6 nitrogen and oxygen atoms in total. The Hall–Kier alpha value is -1.14. The average Bonchev–Trinajstić information content (AvgIpc) is 2.37. The fourth-order valence-electron chi connectivity index (χ4n) is 1.97. The maximum atomic E-state index is 12.0. The summed E-state index contributed by atoms with van der Waals surface area (Å²) in [6.45, 7) is 7.86. The van der Waals surface area contributed by atoms with E-state index in [2.05, 4.69) is 19.2 Å². The Bertz CT molecular complexity index is 320. The fourth-order valence-corrected chi connectivity index (χ4v) is 1.97. The molecule has 110 valence electrons. The number of amides is 1. The van der Waals surface area contributed by atoms with Crippen molar-refractivity contribution in [3.8, 4) is 0 Å². The van der Waals surface area contributed by atoms with E-state index in [-0.39, 0.29) is 18.5 Å². The highest BCUT2D eigenvalue weighted by atomic mass is 16.5. The summed E-state index contributed by atoms with van der Waals surface area (Å²) in [5, 5.41) is 11.8. The number of carboxylic acids is 1. The molecule has 0 aromatic carbocycles. The topological polar surface area (TPSA) is 78.9 Å². The third-order valence-corrected chi connectivity index (χ3v) is 3.32. The summed E-state index contributed by atoms with van der Waals surface area (Å²) in [6, 6.07) is -0.321. The molecule has 0 bridgehead atoms. The summed E-state index contributed by atoms with van der Waals surface area (Å²) in [5.74, 6) is -0.473. The van der Waals surface area contributed by atoms with Crippen molar-refractivity contribution in [3.05, 3.63) is 0 Å². The van der Waals surface area contributed by atoms with Crippen molar-refractivity contribution >= 4 is 11.9 Å². The first-order valence-corrected chi connectivity index (χ1v) is 6.78. The number of carboxylic acid groups (broad SMARTS) is 1. The van der Waals surface area contributed by atoms with Gasteiger partial charge in [-0.2, -0.15) is 0 Å². The maximum absolute atomic E-state index is 12.0. The Labute approximate surface area is 114 Å². The van der Waals surface area contributed by atoms with Crippen molar-refractivity contribution in [1.82, 2.24) is 10.2 Å². The summed E-state index contributed by atoms with van der Waals surface area (Å²) in [7, 11) is 0. The van der Waals surface area contributed by atoms with Gasteiger partial charge in [0.1, 0.15) is 0 Å². The van der Waals surface area contributed by atoms with Gasteiger partial charge in [-0.1, -0.05) is 13.8 Å². The third kappa shape index (κ3) is 5.16. The van der Waals surface area contributed by atoms with Crippen LogP contribution in [0.1, 0.15) is 27.2 Å². The molecule has 2 atom stereocenters. The number of hydrogen-bond donors (Lipinski definition) is 2. The molecule has 1 amide bonds. The highest BCUT2D eigenvalue weighted by Gasteiger charge is 2.31. The summed E-state index contributed by atoms with van der Waals surface area (Å²) >= 11 is 0. The van der Waals surface area contributed by atoms with Crippen molar-refractivity contribution in [2.24, 2.45) is 5.92 Å². The normalized spacial score (nSPS) is 22.2. The molecule has 1 fully saturated rings. The fraction of sp³-hybridized carbons (Fsp3) is 0.846. The maximum Gasteiger partial charge on any atom is 0.334 e. The van der Waals surface area contributed by atoms with Gasteiger partial charge in [-0.05, 0) is 19.3 Å². The Morgan fingerprint density at radius 3 is 2.68 bits per heavy atom. The number of nitrogens with zero attached hydrogens (tertiary/aromatic N) is 1. The number of rotatable bonds is 6. The van der Waals surface area contributed by atoms with Crippen LogP contribution in [0.5, 0.6) is 0 Å². The zero-order valence-corrected chi connectivity index (χ0v) is 11.9. The first-order chi connectivity index (χ1) is 8.91. The molecule has 1 saturated heterocycles. The summed E-state index contributed by atoms with van der Waals surface area (Å²) < 4.78 is 5.14. The lowest BCUT2D eigenvalue weighted by atomic mass is 10.1.